The average molecular weight is 415 g/mol. The number of carbonyl (C=O) groups excluding carboxylic acids is 2. The van der Waals surface area contributed by atoms with Crippen molar-refractivity contribution in [1.29, 1.82) is 0 Å². The van der Waals surface area contributed by atoms with Crippen molar-refractivity contribution >= 4 is 11.9 Å². The Morgan fingerprint density at radius 3 is 2.33 bits per heavy atom. The molecule has 0 bridgehead atoms. The van der Waals surface area contributed by atoms with E-state index in [-0.39, 0.29) is 18.5 Å². The van der Waals surface area contributed by atoms with Gasteiger partial charge in [0, 0.05) is 59.3 Å². The summed E-state index contributed by atoms with van der Waals surface area (Å²) in [4.78, 5) is 30.8. The minimum atomic E-state index is -0.168. The van der Waals surface area contributed by atoms with E-state index in [1.165, 1.54) is 4.90 Å². The maximum Gasteiger partial charge on any atom is 0.319 e. The number of nitrogens with zero attached hydrogens (tertiary/aromatic N) is 4. The smallest absolute Gasteiger partial charge is 0.319 e. The fourth-order valence-corrected chi connectivity index (χ4v) is 3.18. The number of aryl methyl sites for hydroxylation is 1. The molecule has 0 radical (unpaired) electrons. The predicted octanol–water partition coefficient (Wildman–Crippen LogP) is 2.96. The highest BCUT2D eigenvalue weighted by Crippen LogP contribution is 2.12. The highest BCUT2D eigenvalue weighted by atomic mass is 16.5. The number of rotatable bonds is 11. The summed E-state index contributed by atoms with van der Waals surface area (Å²) < 4.78 is 7.40. The zero-order valence-electron chi connectivity index (χ0n) is 18.6. The molecule has 1 aromatic carbocycles. The first kappa shape index (κ1) is 23.5. The van der Waals surface area contributed by atoms with Crippen LogP contribution in [0.15, 0.2) is 48.7 Å². The second-order valence-electron chi connectivity index (χ2n) is 7.49. The van der Waals surface area contributed by atoms with Crippen LogP contribution in [-0.2, 0) is 29.7 Å². The molecule has 0 saturated carbocycles. The van der Waals surface area contributed by atoms with Crippen molar-refractivity contribution in [2.24, 2.45) is 7.05 Å². The van der Waals surface area contributed by atoms with Gasteiger partial charge in [0.2, 0.25) is 5.91 Å². The summed E-state index contributed by atoms with van der Waals surface area (Å²) in [7, 11) is 5.37. The SMILES string of the molecule is CCOCCCN(CC(=O)N(Cc1ccccc1)Cc1cccn1C)C(=O)N(C)C. The first-order valence-electron chi connectivity index (χ1n) is 10.4. The first-order chi connectivity index (χ1) is 14.4. The molecule has 1 heterocycles. The molecule has 1 aromatic heterocycles. The lowest BCUT2D eigenvalue weighted by atomic mass is 10.2. The summed E-state index contributed by atoms with van der Waals surface area (Å²) in [5.74, 6) is -0.0772. The van der Waals surface area contributed by atoms with Crippen molar-refractivity contribution in [3.8, 4) is 0 Å². The van der Waals surface area contributed by atoms with E-state index >= 15 is 0 Å². The van der Waals surface area contributed by atoms with Crippen LogP contribution in [0.25, 0.3) is 0 Å². The lowest BCUT2D eigenvalue weighted by Gasteiger charge is -2.29. The molecule has 0 N–H and O–H groups in total. The normalized spacial score (nSPS) is 10.7. The van der Waals surface area contributed by atoms with Gasteiger partial charge in [0.1, 0.15) is 6.54 Å². The van der Waals surface area contributed by atoms with Crippen molar-refractivity contribution in [2.75, 3.05) is 40.4 Å². The number of ether oxygens (including phenoxy) is 1. The average Bonchev–Trinajstić information content (AvgIpc) is 3.14. The summed E-state index contributed by atoms with van der Waals surface area (Å²) in [5.41, 5.74) is 2.10. The lowest BCUT2D eigenvalue weighted by Crippen LogP contribution is -2.46. The summed E-state index contributed by atoms with van der Waals surface area (Å²) >= 11 is 0. The Morgan fingerprint density at radius 2 is 1.73 bits per heavy atom. The van der Waals surface area contributed by atoms with Gasteiger partial charge >= 0.3 is 6.03 Å². The molecule has 30 heavy (non-hydrogen) atoms. The quantitative estimate of drug-likeness (QED) is 0.531. The molecular weight excluding hydrogens is 380 g/mol. The molecule has 0 unspecified atom stereocenters. The Kier molecular flexibility index (Phi) is 9.41. The minimum absolute atomic E-state index is 0.0421. The molecule has 0 spiro atoms. The number of amides is 3. The number of aromatic nitrogens is 1. The van der Waals surface area contributed by atoms with E-state index in [2.05, 4.69) is 0 Å². The molecule has 164 valence electrons. The number of hydrogen-bond acceptors (Lipinski definition) is 3. The summed E-state index contributed by atoms with van der Waals surface area (Å²) in [6, 6.07) is 13.7. The van der Waals surface area contributed by atoms with E-state index in [4.69, 9.17) is 4.74 Å². The Labute approximate surface area is 179 Å². The van der Waals surface area contributed by atoms with Crippen LogP contribution >= 0.6 is 0 Å². The van der Waals surface area contributed by atoms with E-state index in [9.17, 15) is 9.59 Å². The summed E-state index contributed by atoms with van der Waals surface area (Å²) in [5, 5.41) is 0. The molecule has 7 nitrogen and oxygen atoms in total. The molecule has 0 fully saturated rings. The van der Waals surface area contributed by atoms with Crippen molar-refractivity contribution in [2.45, 2.75) is 26.4 Å². The Morgan fingerprint density at radius 1 is 1.00 bits per heavy atom. The molecule has 0 aliphatic heterocycles. The van der Waals surface area contributed by atoms with Crippen molar-refractivity contribution in [3.05, 3.63) is 59.9 Å². The third-order valence-corrected chi connectivity index (χ3v) is 4.87. The fraction of sp³-hybridized carbons (Fsp3) is 0.478. The summed E-state index contributed by atoms with van der Waals surface area (Å²) in [6.07, 6.45) is 2.66. The molecular formula is C23H34N4O3. The largest absolute Gasteiger partial charge is 0.382 e. The van der Waals surface area contributed by atoms with Gasteiger partial charge in [0.05, 0.1) is 6.54 Å². The van der Waals surface area contributed by atoms with Crippen LogP contribution in [0.3, 0.4) is 0 Å². The molecule has 7 heteroatoms. The van der Waals surface area contributed by atoms with Crippen LogP contribution in [0.1, 0.15) is 24.6 Å². The minimum Gasteiger partial charge on any atom is -0.382 e. The monoisotopic (exact) mass is 414 g/mol. The van der Waals surface area contributed by atoms with Gasteiger partial charge in [-0.15, -0.1) is 0 Å². The second-order valence-corrected chi connectivity index (χ2v) is 7.49. The van der Waals surface area contributed by atoms with Gasteiger partial charge in [0.15, 0.2) is 0 Å². The van der Waals surface area contributed by atoms with Crippen LogP contribution in [-0.4, -0.2) is 71.6 Å². The van der Waals surface area contributed by atoms with Crippen molar-refractivity contribution in [3.63, 3.8) is 0 Å². The number of hydrogen-bond donors (Lipinski definition) is 0. The molecule has 0 aliphatic rings. The van der Waals surface area contributed by atoms with Gasteiger partial charge in [-0.2, -0.15) is 0 Å². The molecule has 0 saturated heterocycles. The van der Waals surface area contributed by atoms with E-state index in [1.807, 2.05) is 72.1 Å². The van der Waals surface area contributed by atoms with E-state index in [0.717, 1.165) is 11.3 Å². The van der Waals surface area contributed by atoms with Gasteiger partial charge in [-0.3, -0.25) is 4.79 Å². The predicted molar refractivity (Wildman–Crippen MR) is 118 cm³/mol. The van der Waals surface area contributed by atoms with Crippen LogP contribution in [0.2, 0.25) is 0 Å². The lowest BCUT2D eigenvalue weighted by molar-refractivity contribution is -0.133. The van der Waals surface area contributed by atoms with Gasteiger partial charge < -0.3 is 24.0 Å². The second kappa shape index (κ2) is 12.0. The molecule has 0 aliphatic carbocycles. The zero-order valence-corrected chi connectivity index (χ0v) is 18.6. The van der Waals surface area contributed by atoms with E-state index in [1.54, 1.807) is 19.0 Å². The first-order valence-corrected chi connectivity index (χ1v) is 10.4. The number of urea groups is 1. The highest BCUT2D eigenvalue weighted by molar-refractivity contribution is 5.84. The Bertz CT molecular complexity index is 789. The van der Waals surface area contributed by atoms with Crippen molar-refractivity contribution in [1.82, 2.24) is 19.3 Å². The van der Waals surface area contributed by atoms with Crippen LogP contribution < -0.4 is 0 Å². The van der Waals surface area contributed by atoms with Gasteiger partial charge in [-0.05, 0) is 31.0 Å². The molecule has 0 atom stereocenters. The molecule has 3 amide bonds. The standard InChI is InChI=1S/C23H34N4O3/c1-5-30-16-10-15-26(23(29)24(2)3)19-22(28)27(17-20-11-7-6-8-12-20)18-21-13-9-14-25(21)4/h6-9,11-14H,5,10,15-19H2,1-4H3. The topological polar surface area (TPSA) is 58.0 Å². The molecule has 2 aromatic rings. The van der Waals surface area contributed by atoms with Crippen molar-refractivity contribution < 1.29 is 14.3 Å². The van der Waals surface area contributed by atoms with Gasteiger partial charge in [-0.25, -0.2) is 4.79 Å². The molecule has 2 rings (SSSR count). The van der Waals surface area contributed by atoms with Crippen LogP contribution in [0, 0.1) is 0 Å². The Balaban J connectivity index is 2.14. The Hall–Kier alpha value is -2.80. The van der Waals surface area contributed by atoms with Crippen LogP contribution in [0.4, 0.5) is 4.79 Å². The van der Waals surface area contributed by atoms with E-state index < -0.39 is 0 Å². The maximum absolute atomic E-state index is 13.3. The zero-order chi connectivity index (χ0) is 21.9. The maximum atomic E-state index is 13.3. The third kappa shape index (κ3) is 7.22. The van der Waals surface area contributed by atoms with Crippen LogP contribution in [0.5, 0.6) is 0 Å². The number of benzene rings is 1. The van der Waals surface area contributed by atoms with E-state index in [0.29, 0.717) is 39.3 Å². The number of carbonyl (C=O) groups is 2. The highest BCUT2D eigenvalue weighted by Gasteiger charge is 2.23. The fourth-order valence-electron chi connectivity index (χ4n) is 3.18. The van der Waals surface area contributed by atoms with Gasteiger partial charge in [-0.1, -0.05) is 30.3 Å². The van der Waals surface area contributed by atoms with Gasteiger partial charge in [0.25, 0.3) is 0 Å². The third-order valence-electron chi connectivity index (χ3n) is 4.87. The summed E-state index contributed by atoms with van der Waals surface area (Å²) in [6.45, 7) is 4.65.